The lowest BCUT2D eigenvalue weighted by Crippen LogP contribution is -2.45. The number of hydrogen-bond donors (Lipinski definition) is 2. The molecule has 13 heteroatoms. The molecule has 1 aliphatic heterocycles. The van der Waals surface area contributed by atoms with Gasteiger partial charge >= 0.3 is 0 Å². The predicted molar refractivity (Wildman–Crippen MR) is 165 cm³/mol. The number of aryl methyl sites for hydroxylation is 1. The van der Waals surface area contributed by atoms with Gasteiger partial charge in [0, 0.05) is 44.8 Å². The third-order valence-electron chi connectivity index (χ3n) is 7.70. The summed E-state index contributed by atoms with van der Waals surface area (Å²) >= 11 is 0. The van der Waals surface area contributed by atoms with E-state index in [1.165, 1.54) is 47.4 Å². The zero-order valence-corrected chi connectivity index (χ0v) is 24.9. The summed E-state index contributed by atoms with van der Waals surface area (Å²) < 4.78 is 41.7. The van der Waals surface area contributed by atoms with E-state index in [-0.39, 0.29) is 21.3 Å². The standard InChI is InChI=1S/C31H30FN7O4S/c1-36-14-16-38(17-15-36)27-9-4-8-25(34-30(40)28-10-5-13-37(28)2)29(27)31(41)35-39-26-12-11-24(18-21(26)20-33-39)44(42,43)23-7-3-6-22(32)19-23/h3-13,18-20H,14-17H2,1-2H3,(H,34,40)(H,35,41). The number of amides is 2. The Labute approximate surface area is 253 Å². The van der Waals surface area contributed by atoms with Gasteiger partial charge in [-0.3, -0.25) is 9.59 Å². The van der Waals surface area contributed by atoms with Gasteiger partial charge in [-0.25, -0.2) is 18.2 Å². The van der Waals surface area contributed by atoms with E-state index >= 15 is 0 Å². The average molecular weight is 616 g/mol. The van der Waals surface area contributed by atoms with Gasteiger partial charge in [0.2, 0.25) is 9.84 Å². The highest BCUT2D eigenvalue weighted by molar-refractivity contribution is 7.91. The van der Waals surface area contributed by atoms with E-state index in [4.69, 9.17) is 0 Å². The second kappa shape index (κ2) is 11.6. The van der Waals surface area contributed by atoms with Crippen LogP contribution in [-0.4, -0.2) is 72.8 Å². The number of carbonyl (C=O) groups excluding carboxylic acids is 2. The van der Waals surface area contributed by atoms with Crippen molar-refractivity contribution in [2.24, 2.45) is 7.05 Å². The maximum atomic E-state index is 14.0. The first-order valence-electron chi connectivity index (χ1n) is 13.9. The van der Waals surface area contributed by atoms with Gasteiger partial charge < -0.3 is 19.7 Å². The van der Waals surface area contributed by atoms with Crippen LogP contribution >= 0.6 is 0 Å². The fourth-order valence-corrected chi connectivity index (χ4v) is 6.59. The van der Waals surface area contributed by atoms with E-state index in [0.29, 0.717) is 41.1 Å². The van der Waals surface area contributed by atoms with Crippen LogP contribution in [0.1, 0.15) is 20.8 Å². The van der Waals surface area contributed by atoms with Gasteiger partial charge in [0.25, 0.3) is 11.8 Å². The number of hydrogen-bond acceptors (Lipinski definition) is 7. The van der Waals surface area contributed by atoms with E-state index in [0.717, 1.165) is 19.2 Å². The zero-order chi connectivity index (χ0) is 31.0. The first-order chi connectivity index (χ1) is 21.1. The number of nitrogens with one attached hydrogen (secondary N) is 2. The van der Waals surface area contributed by atoms with Crippen LogP contribution in [0.5, 0.6) is 0 Å². The van der Waals surface area contributed by atoms with Crippen molar-refractivity contribution in [2.45, 2.75) is 9.79 Å². The number of fused-ring (bicyclic) bond motifs is 1. The summed E-state index contributed by atoms with van der Waals surface area (Å²) in [6.45, 7) is 3.01. The molecule has 5 aromatic rings. The number of sulfone groups is 1. The van der Waals surface area contributed by atoms with Crippen LogP contribution in [0.15, 0.2) is 95.0 Å². The Kier molecular flexibility index (Phi) is 7.66. The Morgan fingerprint density at radius 3 is 2.34 bits per heavy atom. The average Bonchev–Trinajstić information content (AvgIpc) is 3.63. The maximum absolute atomic E-state index is 14.0. The minimum atomic E-state index is -3.99. The molecule has 0 spiro atoms. The highest BCUT2D eigenvalue weighted by atomic mass is 32.2. The molecule has 44 heavy (non-hydrogen) atoms. The molecule has 6 rings (SSSR count). The molecule has 226 valence electrons. The molecule has 11 nitrogen and oxygen atoms in total. The van der Waals surface area contributed by atoms with Crippen molar-refractivity contribution in [1.82, 2.24) is 19.4 Å². The SMILES string of the molecule is CN1CCN(c2cccc(NC(=O)c3cccn3C)c2C(=O)Nn2ncc3cc(S(=O)(=O)c4cccc(F)c4)ccc32)CC1. The molecular weight excluding hydrogens is 585 g/mol. The summed E-state index contributed by atoms with van der Waals surface area (Å²) in [4.78, 5) is 32.5. The van der Waals surface area contributed by atoms with E-state index in [2.05, 4.69) is 25.6 Å². The van der Waals surface area contributed by atoms with Gasteiger partial charge in [-0.1, -0.05) is 12.1 Å². The van der Waals surface area contributed by atoms with Crippen molar-refractivity contribution in [2.75, 3.05) is 48.9 Å². The van der Waals surface area contributed by atoms with Crippen molar-refractivity contribution in [3.05, 3.63) is 102 Å². The van der Waals surface area contributed by atoms with Crippen LogP contribution in [-0.2, 0) is 16.9 Å². The number of halogens is 1. The number of piperazine rings is 1. The molecule has 0 unspecified atom stereocenters. The predicted octanol–water partition coefficient (Wildman–Crippen LogP) is 3.73. The summed E-state index contributed by atoms with van der Waals surface area (Å²) in [5.41, 5.74) is 4.96. The fraction of sp³-hybridized carbons (Fsp3) is 0.194. The number of carbonyl (C=O) groups is 2. The van der Waals surface area contributed by atoms with Gasteiger partial charge in [-0.05, 0) is 67.7 Å². The summed E-state index contributed by atoms with van der Waals surface area (Å²) in [6, 6.07) is 17.9. The van der Waals surface area contributed by atoms with Crippen LogP contribution in [0.25, 0.3) is 10.9 Å². The minimum Gasteiger partial charge on any atom is -0.368 e. The summed E-state index contributed by atoms with van der Waals surface area (Å²) in [5, 5.41) is 7.64. The lowest BCUT2D eigenvalue weighted by Gasteiger charge is -2.35. The summed E-state index contributed by atoms with van der Waals surface area (Å²) in [5.74, 6) is -1.53. The van der Waals surface area contributed by atoms with Crippen LogP contribution in [0.2, 0.25) is 0 Å². The highest BCUT2D eigenvalue weighted by Crippen LogP contribution is 2.30. The van der Waals surface area contributed by atoms with Crippen LogP contribution in [0, 0.1) is 5.82 Å². The summed E-state index contributed by atoms with van der Waals surface area (Å²) in [7, 11) is -0.181. The smallest absolute Gasteiger partial charge is 0.275 e. The minimum absolute atomic E-state index is 0.0347. The second-order valence-electron chi connectivity index (χ2n) is 10.6. The second-order valence-corrected chi connectivity index (χ2v) is 12.6. The number of rotatable bonds is 7. The molecule has 1 saturated heterocycles. The third kappa shape index (κ3) is 5.54. The first kappa shape index (κ1) is 29.1. The quantitative estimate of drug-likeness (QED) is 0.286. The number of anilines is 2. The molecule has 1 fully saturated rings. The molecule has 2 amide bonds. The van der Waals surface area contributed by atoms with Crippen molar-refractivity contribution in [3.63, 3.8) is 0 Å². The van der Waals surface area contributed by atoms with Crippen molar-refractivity contribution < 1.29 is 22.4 Å². The molecule has 2 N–H and O–H groups in total. The lowest BCUT2D eigenvalue weighted by atomic mass is 10.1. The highest BCUT2D eigenvalue weighted by Gasteiger charge is 2.26. The zero-order valence-electron chi connectivity index (χ0n) is 24.1. The Morgan fingerprint density at radius 1 is 0.864 bits per heavy atom. The maximum Gasteiger partial charge on any atom is 0.275 e. The third-order valence-corrected chi connectivity index (χ3v) is 9.45. The molecule has 3 heterocycles. The molecule has 0 radical (unpaired) electrons. The number of likely N-dealkylation sites (N-methyl/N-ethyl adjacent to an activating group) is 1. The van der Waals surface area contributed by atoms with Gasteiger partial charge in [0.15, 0.2) is 0 Å². The Morgan fingerprint density at radius 2 is 1.61 bits per heavy atom. The molecular formula is C31H30FN7O4S. The van der Waals surface area contributed by atoms with E-state index in [9.17, 15) is 22.4 Å². The van der Waals surface area contributed by atoms with Crippen LogP contribution in [0.3, 0.4) is 0 Å². The molecule has 1 aliphatic rings. The summed E-state index contributed by atoms with van der Waals surface area (Å²) in [6.07, 6.45) is 3.20. The van der Waals surface area contributed by atoms with Crippen LogP contribution < -0.4 is 15.6 Å². The molecule has 0 saturated carbocycles. The Bertz CT molecular complexity index is 2000. The molecule has 0 bridgehead atoms. The molecule has 0 atom stereocenters. The monoisotopic (exact) mass is 615 g/mol. The van der Waals surface area contributed by atoms with E-state index in [1.807, 2.05) is 13.1 Å². The number of benzene rings is 3. The van der Waals surface area contributed by atoms with Gasteiger partial charge in [-0.2, -0.15) is 9.89 Å². The van der Waals surface area contributed by atoms with E-state index < -0.39 is 21.6 Å². The largest absolute Gasteiger partial charge is 0.368 e. The van der Waals surface area contributed by atoms with Crippen LogP contribution in [0.4, 0.5) is 15.8 Å². The fourth-order valence-electron chi connectivity index (χ4n) is 5.27. The van der Waals surface area contributed by atoms with Crippen molar-refractivity contribution in [3.8, 4) is 0 Å². The van der Waals surface area contributed by atoms with Crippen molar-refractivity contribution in [1.29, 1.82) is 0 Å². The van der Waals surface area contributed by atoms with Gasteiger partial charge in [-0.15, -0.1) is 0 Å². The normalized spacial score (nSPS) is 14.1. The first-order valence-corrected chi connectivity index (χ1v) is 15.4. The Balaban J connectivity index is 1.34. The molecule has 3 aromatic carbocycles. The molecule has 0 aliphatic carbocycles. The lowest BCUT2D eigenvalue weighted by molar-refractivity contribution is 0.101. The topological polar surface area (TPSA) is 122 Å². The van der Waals surface area contributed by atoms with Gasteiger partial charge in [0.1, 0.15) is 11.5 Å². The van der Waals surface area contributed by atoms with Crippen molar-refractivity contribution >= 4 is 43.9 Å². The molecule has 2 aromatic heterocycles. The van der Waals surface area contributed by atoms with E-state index in [1.54, 1.807) is 42.1 Å². The number of aromatic nitrogens is 3. The van der Waals surface area contributed by atoms with Gasteiger partial charge in [0.05, 0.1) is 38.4 Å². The Hall–Kier alpha value is -5.01. The number of nitrogens with zero attached hydrogens (tertiary/aromatic N) is 5.